The van der Waals surface area contributed by atoms with E-state index in [1.165, 1.54) is 12.8 Å². The van der Waals surface area contributed by atoms with Gasteiger partial charge in [0, 0.05) is 13.1 Å². The molecule has 0 amide bonds. The predicted octanol–water partition coefficient (Wildman–Crippen LogP) is 1.48. The van der Waals surface area contributed by atoms with Crippen molar-refractivity contribution >= 4 is 17.3 Å². The maximum Gasteiger partial charge on any atom is 0.149 e. The number of rotatable bonds is 4. The summed E-state index contributed by atoms with van der Waals surface area (Å²) in [5, 5.41) is 0. The number of hydrogen-bond acceptors (Lipinski definition) is 4. The third-order valence-corrected chi connectivity index (χ3v) is 2.82. The van der Waals surface area contributed by atoms with E-state index < -0.39 is 0 Å². The quantitative estimate of drug-likeness (QED) is 0.783. The second-order valence-electron chi connectivity index (χ2n) is 4.13. The van der Waals surface area contributed by atoms with Crippen LogP contribution in [-0.2, 0) is 0 Å². The number of pyridine rings is 1. The predicted molar refractivity (Wildman–Crippen MR) is 63.7 cm³/mol. The Bertz CT molecular complexity index is 346. The van der Waals surface area contributed by atoms with Crippen molar-refractivity contribution in [2.24, 2.45) is 5.92 Å². The van der Waals surface area contributed by atoms with Crippen molar-refractivity contribution in [2.45, 2.75) is 19.8 Å². The van der Waals surface area contributed by atoms with Gasteiger partial charge in [0.05, 0.1) is 5.69 Å². The number of hydrogen-bond donors (Lipinski definition) is 2. The number of anilines is 3. The van der Waals surface area contributed by atoms with Crippen molar-refractivity contribution in [2.75, 3.05) is 29.5 Å². The fourth-order valence-corrected chi connectivity index (χ4v) is 1.65. The number of nitrogen functional groups attached to an aromatic ring is 2. The van der Waals surface area contributed by atoms with E-state index in [9.17, 15) is 0 Å². The van der Waals surface area contributed by atoms with Gasteiger partial charge in [0.2, 0.25) is 0 Å². The molecule has 0 bridgehead atoms. The van der Waals surface area contributed by atoms with Gasteiger partial charge in [-0.2, -0.15) is 0 Å². The van der Waals surface area contributed by atoms with Crippen molar-refractivity contribution in [3.63, 3.8) is 0 Å². The minimum absolute atomic E-state index is 0.432. The lowest BCUT2D eigenvalue weighted by Gasteiger charge is -2.22. The molecule has 1 aromatic rings. The Morgan fingerprint density at radius 3 is 2.67 bits per heavy atom. The van der Waals surface area contributed by atoms with Crippen LogP contribution in [0.3, 0.4) is 0 Å². The molecule has 0 radical (unpaired) electrons. The molecule has 1 fully saturated rings. The molecule has 2 rings (SSSR count). The Balaban J connectivity index is 2.13. The summed E-state index contributed by atoms with van der Waals surface area (Å²) in [7, 11) is 0. The van der Waals surface area contributed by atoms with Crippen LogP contribution in [0.4, 0.5) is 17.3 Å². The van der Waals surface area contributed by atoms with Crippen LogP contribution >= 0.6 is 0 Å². The van der Waals surface area contributed by atoms with Crippen LogP contribution in [0.2, 0.25) is 0 Å². The molecule has 0 atom stereocenters. The van der Waals surface area contributed by atoms with Crippen molar-refractivity contribution < 1.29 is 0 Å². The Morgan fingerprint density at radius 1 is 1.40 bits per heavy atom. The average molecular weight is 206 g/mol. The molecule has 1 aliphatic rings. The third kappa shape index (κ3) is 2.32. The average Bonchev–Trinajstić information content (AvgIpc) is 3.02. The first-order valence-electron chi connectivity index (χ1n) is 5.47. The van der Waals surface area contributed by atoms with Crippen LogP contribution in [0, 0.1) is 5.92 Å². The molecule has 1 saturated carbocycles. The molecule has 15 heavy (non-hydrogen) atoms. The molecule has 4 nitrogen and oxygen atoms in total. The first-order chi connectivity index (χ1) is 7.20. The lowest BCUT2D eigenvalue weighted by Crippen LogP contribution is -2.26. The molecule has 4 heteroatoms. The highest BCUT2D eigenvalue weighted by molar-refractivity contribution is 5.62. The molecule has 0 unspecified atom stereocenters. The molecule has 0 aromatic carbocycles. The topological polar surface area (TPSA) is 68.2 Å². The van der Waals surface area contributed by atoms with Gasteiger partial charge in [0.25, 0.3) is 0 Å². The Hall–Kier alpha value is -1.45. The van der Waals surface area contributed by atoms with Crippen LogP contribution in [-0.4, -0.2) is 18.1 Å². The first kappa shape index (κ1) is 10.1. The highest BCUT2D eigenvalue weighted by Gasteiger charge is 2.24. The van der Waals surface area contributed by atoms with Crippen LogP contribution in [0.25, 0.3) is 0 Å². The summed E-state index contributed by atoms with van der Waals surface area (Å²) in [6.07, 6.45) is 2.70. The molecule has 0 saturated heterocycles. The zero-order valence-electron chi connectivity index (χ0n) is 9.11. The van der Waals surface area contributed by atoms with Crippen molar-refractivity contribution in [1.29, 1.82) is 0 Å². The van der Waals surface area contributed by atoms with Gasteiger partial charge in [0.15, 0.2) is 0 Å². The van der Waals surface area contributed by atoms with E-state index in [2.05, 4.69) is 16.8 Å². The maximum atomic E-state index is 5.70. The normalized spacial score (nSPS) is 15.3. The van der Waals surface area contributed by atoms with Crippen LogP contribution in [0.15, 0.2) is 12.1 Å². The number of aromatic nitrogens is 1. The molecule has 4 N–H and O–H groups in total. The van der Waals surface area contributed by atoms with Gasteiger partial charge in [0.1, 0.15) is 11.6 Å². The molecule has 0 aliphatic heterocycles. The number of nitrogens with zero attached hydrogens (tertiary/aromatic N) is 2. The van der Waals surface area contributed by atoms with Crippen LogP contribution in [0.5, 0.6) is 0 Å². The standard InChI is InChI=1S/C11H18N4/c1-2-15(7-8-3-4-8)10-6-5-9(12)11(13)14-10/h5-6,8H,2-4,7,12H2,1H3,(H2,13,14). The van der Waals surface area contributed by atoms with Crippen molar-refractivity contribution in [1.82, 2.24) is 4.98 Å². The van der Waals surface area contributed by atoms with Gasteiger partial charge >= 0.3 is 0 Å². The second-order valence-corrected chi connectivity index (χ2v) is 4.13. The SMILES string of the molecule is CCN(CC1CC1)c1ccc(N)c(N)n1. The monoisotopic (exact) mass is 206 g/mol. The van der Waals surface area contributed by atoms with E-state index in [0.29, 0.717) is 11.5 Å². The van der Waals surface area contributed by atoms with Gasteiger partial charge < -0.3 is 16.4 Å². The van der Waals surface area contributed by atoms with Crippen molar-refractivity contribution in [3.8, 4) is 0 Å². The van der Waals surface area contributed by atoms with E-state index in [-0.39, 0.29) is 0 Å². The maximum absolute atomic E-state index is 5.70. The third-order valence-electron chi connectivity index (χ3n) is 2.82. The summed E-state index contributed by atoms with van der Waals surface area (Å²) < 4.78 is 0. The molecule has 0 spiro atoms. The van der Waals surface area contributed by atoms with Crippen LogP contribution < -0.4 is 16.4 Å². The minimum Gasteiger partial charge on any atom is -0.396 e. The first-order valence-corrected chi connectivity index (χ1v) is 5.47. The fourth-order valence-electron chi connectivity index (χ4n) is 1.65. The molecule has 82 valence electrons. The smallest absolute Gasteiger partial charge is 0.149 e. The van der Waals surface area contributed by atoms with E-state index in [1.54, 1.807) is 0 Å². The van der Waals surface area contributed by atoms with Crippen molar-refractivity contribution in [3.05, 3.63) is 12.1 Å². The summed E-state index contributed by atoms with van der Waals surface area (Å²) >= 11 is 0. The fraction of sp³-hybridized carbons (Fsp3) is 0.545. The molecule has 1 aliphatic carbocycles. The highest BCUT2D eigenvalue weighted by atomic mass is 15.2. The lowest BCUT2D eigenvalue weighted by atomic mass is 10.3. The summed E-state index contributed by atoms with van der Waals surface area (Å²) in [5.41, 5.74) is 11.9. The summed E-state index contributed by atoms with van der Waals surface area (Å²) in [4.78, 5) is 6.56. The number of nitrogens with two attached hydrogens (primary N) is 2. The summed E-state index contributed by atoms with van der Waals surface area (Å²) in [5.74, 6) is 2.23. The van der Waals surface area contributed by atoms with Gasteiger partial charge in [-0.1, -0.05) is 0 Å². The Kier molecular flexibility index (Phi) is 2.66. The van der Waals surface area contributed by atoms with Gasteiger partial charge in [-0.05, 0) is 37.8 Å². The molecular weight excluding hydrogens is 188 g/mol. The lowest BCUT2D eigenvalue weighted by molar-refractivity contribution is 0.733. The zero-order chi connectivity index (χ0) is 10.8. The Labute approximate surface area is 90.3 Å². The largest absolute Gasteiger partial charge is 0.396 e. The van der Waals surface area contributed by atoms with E-state index >= 15 is 0 Å². The second kappa shape index (κ2) is 3.96. The van der Waals surface area contributed by atoms with Crippen LogP contribution in [0.1, 0.15) is 19.8 Å². The molecule has 1 aromatic heterocycles. The summed E-state index contributed by atoms with van der Waals surface area (Å²) in [6, 6.07) is 3.77. The van der Waals surface area contributed by atoms with E-state index in [0.717, 1.165) is 24.8 Å². The molecule has 1 heterocycles. The van der Waals surface area contributed by atoms with Gasteiger partial charge in [-0.15, -0.1) is 0 Å². The zero-order valence-corrected chi connectivity index (χ0v) is 9.11. The summed E-state index contributed by atoms with van der Waals surface area (Å²) in [6.45, 7) is 4.19. The van der Waals surface area contributed by atoms with Gasteiger partial charge in [-0.3, -0.25) is 0 Å². The minimum atomic E-state index is 0.432. The molecular formula is C11H18N4. The van der Waals surface area contributed by atoms with E-state index in [4.69, 9.17) is 11.5 Å². The highest BCUT2D eigenvalue weighted by Crippen LogP contribution is 2.31. The van der Waals surface area contributed by atoms with Gasteiger partial charge in [-0.25, -0.2) is 4.98 Å². The van der Waals surface area contributed by atoms with E-state index in [1.807, 2.05) is 12.1 Å². The Morgan fingerprint density at radius 2 is 2.13 bits per heavy atom.